The minimum atomic E-state index is -0.224. The van der Waals surface area contributed by atoms with Crippen molar-refractivity contribution in [2.24, 2.45) is 11.3 Å². The van der Waals surface area contributed by atoms with Crippen LogP contribution in [0, 0.1) is 11.3 Å². The highest BCUT2D eigenvalue weighted by molar-refractivity contribution is 5.82. The van der Waals surface area contributed by atoms with E-state index in [2.05, 4.69) is 37.9 Å². The molecular formula is C15H30N2O. The van der Waals surface area contributed by atoms with Crippen molar-refractivity contribution >= 4 is 5.91 Å². The Kier molecular flexibility index (Phi) is 6.13. The van der Waals surface area contributed by atoms with Gasteiger partial charge in [-0.3, -0.25) is 4.79 Å². The van der Waals surface area contributed by atoms with E-state index in [0.717, 1.165) is 39.0 Å². The molecule has 0 aromatic rings. The third kappa shape index (κ3) is 3.71. The molecule has 1 fully saturated rings. The van der Waals surface area contributed by atoms with Crippen molar-refractivity contribution in [3.63, 3.8) is 0 Å². The van der Waals surface area contributed by atoms with Gasteiger partial charge < -0.3 is 10.2 Å². The molecule has 1 aliphatic rings. The number of nitrogens with zero attached hydrogens (tertiary/aromatic N) is 1. The van der Waals surface area contributed by atoms with Crippen molar-refractivity contribution in [3.8, 4) is 0 Å². The van der Waals surface area contributed by atoms with Crippen LogP contribution in [-0.4, -0.2) is 37.0 Å². The first-order valence-corrected chi connectivity index (χ1v) is 7.54. The van der Waals surface area contributed by atoms with E-state index in [1.165, 1.54) is 12.8 Å². The number of hydrogen-bond donors (Lipinski definition) is 1. The van der Waals surface area contributed by atoms with Crippen LogP contribution in [0.2, 0.25) is 0 Å². The first kappa shape index (κ1) is 15.5. The Balaban J connectivity index is 2.70. The maximum atomic E-state index is 12.7. The second-order valence-corrected chi connectivity index (χ2v) is 6.06. The van der Waals surface area contributed by atoms with Crippen molar-refractivity contribution in [2.75, 3.05) is 26.2 Å². The molecule has 1 atom stereocenters. The molecule has 0 radical (unpaired) electrons. The summed E-state index contributed by atoms with van der Waals surface area (Å²) in [5.74, 6) is 0.829. The summed E-state index contributed by atoms with van der Waals surface area (Å²) in [6, 6.07) is 0. The van der Waals surface area contributed by atoms with E-state index in [1.54, 1.807) is 0 Å². The number of amides is 1. The molecule has 1 heterocycles. The Bertz CT molecular complexity index is 251. The van der Waals surface area contributed by atoms with Crippen LogP contribution in [-0.2, 0) is 4.79 Å². The summed E-state index contributed by atoms with van der Waals surface area (Å²) in [5, 5.41) is 3.43. The predicted molar refractivity (Wildman–Crippen MR) is 76.5 cm³/mol. The molecule has 106 valence electrons. The van der Waals surface area contributed by atoms with Crippen molar-refractivity contribution in [3.05, 3.63) is 0 Å². The van der Waals surface area contributed by atoms with Crippen molar-refractivity contribution in [1.82, 2.24) is 10.2 Å². The Morgan fingerprint density at radius 3 is 2.33 bits per heavy atom. The molecule has 0 aliphatic carbocycles. The maximum absolute atomic E-state index is 12.7. The zero-order valence-electron chi connectivity index (χ0n) is 12.6. The van der Waals surface area contributed by atoms with Gasteiger partial charge in [0.15, 0.2) is 0 Å². The fourth-order valence-electron chi connectivity index (χ4n) is 2.90. The van der Waals surface area contributed by atoms with Gasteiger partial charge in [-0.25, -0.2) is 0 Å². The lowest BCUT2D eigenvalue weighted by molar-refractivity contribution is -0.144. The number of nitrogens with one attached hydrogen (secondary N) is 1. The highest BCUT2D eigenvalue weighted by atomic mass is 16.2. The Morgan fingerprint density at radius 2 is 1.89 bits per heavy atom. The summed E-state index contributed by atoms with van der Waals surface area (Å²) in [6.07, 6.45) is 4.47. The summed E-state index contributed by atoms with van der Waals surface area (Å²) >= 11 is 0. The van der Waals surface area contributed by atoms with Gasteiger partial charge in [-0.05, 0) is 44.7 Å². The minimum absolute atomic E-state index is 0.224. The largest absolute Gasteiger partial charge is 0.342 e. The van der Waals surface area contributed by atoms with Crippen LogP contribution in [0.4, 0.5) is 0 Å². The summed E-state index contributed by atoms with van der Waals surface area (Å²) < 4.78 is 0. The Morgan fingerprint density at radius 1 is 1.28 bits per heavy atom. The van der Waals surface area contributed by atoms with Crippen LogP contribution >= 0.6 is 0 Å². The zero-order valence-corrected chi connectivity index (χ0v) is 12.6. The molecule has 1 amide bonds. The highest BCUT2D eigenvalue weighted by Gasteiger charge is 2.39. The molecule has 0 aromatic heterocycles. The molecule has 1 aliphatic heterocycles. The summed E-state index contributed by atoms with van der Waals surface area (Å²) in [7, 11) is 0. The van der Waals surface area contributed by atoms with Crippen molar-refractivity contribution in [1.29, 1.82) is 0 Å². The van der Waals surface area contributed by atoms with Crippen LogP contribution in [0.1, 0.15) is 53.4 Å². The van der Waals surface area contributed by atoms with Crippen LogP contribution in [0.15, 0.2) is 0 Å². The summed E-state index contributed by atoms with van der Waals surface area (Å²) in [4.78, 5) is 14.8. The van der Waals surface area contributed by atoms with Crippen LogP contribution < -0.4 is 5.32 Å². The molecule has 0 bridgehead atoms. The van der Waals surface area contributed by atoms with Gasteiger partial charge in [-0.1, -0.05) is 27.7 Å². The second kappa shape index (κ2) is 7.13. The standard InChI is InChI=1S/C15H30N2O/c1-5-10-17(11-6-2)14(18)15(3,4)13-8-7-9-16-12-13/h13,16H,5-12H2,1-4H3. The lowest BCUT2D eigenvalue weighted by atomic mass is 9.74. The van der Waals surface area contributed by atoms with Gasteiger partial charge in [0.2, 0.25) is 5.91 Å². The summed E-state index contributed by atoms with van der Waals surface area (Å²) in [5.41, 5.74) is -0.224. The smallest absolute Gasteiger partial charge is 0.228 e. The fraction of sp³-hybridized carbons (Fsp3) is 0.933. The molecule has 0 aromatic carbocycles. The van der Waals surface area contributed by atoms with E-state index in [-0.39, 0.29) is 5.41 Å². The second-order valence-electron chi connectivity index (χ2n) is 6.06. The van der Waals surface area contributed by atoms with Gasteiger partial charge >= 0.3 is 0 Å². The molecule has 3 nitrogen and oxygen atoms in total. The van der Waals surface area contributed by atoms with E-state index >= 15 is 0 Å². The van der Waals surface area contributed by atoms with Crippen molar-refractivity contribution < 1.29 is 4.79 Å². The van der Waals surface area contributed by atoms with Crippen LogP contribution in [0.5, 0.6) is 0 Å². The number of carbonyl (C=O) groups excluding carboxylic acids is 1. The molecule has 3 heteroatoms. The summed E-state index contributed by atoms with van der Waals surface area (Å²) in [6.45, 7) is 12.4. The van der Waals surface area contributed by atoms with E-state index in [4.69, 9.17) is 0 Å². The quantitative estimate of drug-likeness (QED) is 0.790. The zero-order chi connectivity index (χ0) is 13.6. The third-order valence-electron chi connectivity index (χ3n) is 4.14. The van der Waals surface area contributed by atoms with Gasteiger partial charge in [0.1, 0.15) is 0 Å². The highest BCUT2D eigenvalue weighted by Crippen LogP contribution is 2.33. The van der Waals surface area contributed by atoms with Gasteiger partial charge in [0.25, 0.3) is 0 Å². The van der Waals surface area contributed by atoms with Gasteiger partial charge in [-0.15, -0.1) is 0 Å². The Hall–Kier alpha value is -0.570. The van der Waals surface area contributed by atoms with Gasteiger partial charge in [0.05, 0.1) is 0 Å². The first-order chi connectivity index (χ1) is 8.54. The maximum Gasteiger partial charge on any atom is 0.228 e. The normalized spacial score (nSPS) is 20.8. The van der Waals surface area contributed by atoms with E-state index < -0.39 is 0 Å². The average molecular weight is 254 g/mol. The van der Waals surface area contributed by atoms with E-state index in [1.807, 2.05) is 0 Å². The number of rotatable bonds is 6. The van der Waals surface area contributed by atoms with E-state index in [0.29, 0.717) is 11.8 Å². The molecule has 18 heavy (non-hydrogen) atoms. The fourth-order valence-corrected chi connectivity index (χ4v) is 2.90. The van der Waals surface area contributed by atoms with Crippen LogP contribution in [0.3, 0.4) is 0 Å². The molecule has 0 spiro atoms. The molecule has 1 unspecified atom stereocenters. The molecule has 1 N–H and O–H groups in total. The number of piperidine rings is 1. The number of hydrogen-bond acceptors (Lipinski definition) is 2. The van der Waals surface area contributed by atoms with Gasteiger partial charge in [-0.2, -0.15) is 0 Å². The molecule has 1 rings (SSSR count). The molecule has 1 saturated heterocycles. The first-order valence-electron chi connectivity index (χ1n) is 7.54. The van der Waals surface area contributed by atoms with Crippen molar-refractivity contribution in [2.45, 2.75) is 53.4 Å². The molecular weight excluding hydrogens is 224 g/mol. The third-order valence-corrected chi connectivity index (χ3v) is 4.14. The Labute approximate surface area is 112 Å². The average Bonchev–Trinajstić information content (AvgIpc) is 2.38. The van der Waals surface area contributed by atoms with Crippen LogP contribution in [0.25, 0.3) is 0 Å². The minimum Gasteiger partial charge on any atom is -0.342 e. The SMILES string of the molecule is CCCN(CCC)C(=O)C(C)(C)C1CCCNC1. The molecule has 0 saturated carbocycles. The lowest BCUT2D eigenvalue weighted by Gasteiger charge is -2.39. The van der Waals surface area contributed by atoms with Gasteiger partial charge in [0, 0.05) is 18.5 Å². The lowest BCUT2D eigenvalue weighted by Crippen LogP contribution is -2.49. The monoisotopic (exact) mass is 254 g/mol. The van der Waals surface area contributed by atoms with E-state index in [9.17, 15) is 4.79 Å². The number of carbonyl (C=O) groups is 1. The predicted octanol–water partition coefficient (Wildman–Crippen LogP) is 2.66. The topological polar surface area (TPSA) is 32.3 Å².